The zero-order chi connectivity index (χ0) is 15.1. The van der Waals surface area contributed by atoms with Crippen LogP contribution in [-0.4, -0.2) is 22.4 Å². The van der Waals surface area contributed by atoms with E-state index < -0.39 is 5.60 Å². The van der Waals surface area contributed by atoms with Gasteiger partial charge < -0.3 is 4.74 Å². The van der Waals surface area contributed by atoms with Crippen molar-refractivity contribution in [1.29, 1.82) is 0 Å². The number of amides is 1. The molecule has 1 amide bonds. The molecule has 0 radical (unpaired) electrons. The highest BCUT2D eigenvalue weighted by atomic mass is 16.6. The average molecular weight is 275 g/mol. The van der Waals surface area contributed by atoms with Crippen LogP contribution in [0.15, 0.2) is 12.1 Å². The highest BCUT2D eigenvalue weighted by Gasteiger charge is 2.28. The molecule has 108 valence electrons. The van der Waals surface area contributed by atoms with E-state index >= 15 is 0 Å². The molecule has 0 unspecified atom stereocenters. The van der Waals surface area contributed by atoms with Crippen molar-refractivity contribution in [1.82, 2.24) is 4.90 Å². The second kappa shape index (κ2) is 4.93. The third-order valence-corrected chi connectivity index (χ3v) is 3.30. The Morgan fingerprint density at radius 2 is 1.70 bits per heavy atom. The summed E-state index contributed by atoms with van der Waals surface area (Å²) < 4.78 is 5.38. The normalized spacial score (nSPS) is 14.2. The third-order valence-electron chi connectivity index (χ3n) is 3.30. The number of hydrogen-bond donors (Lipinski definition) is 0. The minimum absolute atomic E-state index is 0.0565. The number of carbonyl (C=O) groups is 2. The first-order valence-corrected chi connectivity index (χ1v) is 6.78. The van der Waals surface area contributed by atoms with Gasteiger partial charge in [-0.05, 0) is 57.4 Å². The van der Waals surface area contributed by atoms with E-state index in [-0.39, 0.29) is 11.9 Å². The van der Waals surface area contributed by atoms with Crippen LogP contribution in [0.25, 0.3) is 0 Å². The fraction of sp³-hybridized carbons (Fsp3) is 0.500. The molecule has 0 bridgehead atoms. The molecule has 0 aromatic heterocycles. The maximum absolute atomic E-state index is 12.1. The van der Waals surface area contributed by atoms with Crippen LogP contribution in [0.2, 0.25) is 0 Å². The zero-order valence-corrected chi connectivity index (χ0v) is 12.7. The van der Waals surface area contributed by atoms with E-state index in [1.807, 2.05) is 39.8 Å². The van der Waals surface area contributed by atoms with E-state index in [0.717, 1.165) is 22.3 Å². The quantitative estimate of drug-likeness (QED) is 0.737. The van der Waals surface area contributed by atoms with Gasteiger partial charge >= 0.3 is 6.09 Å². The van der Waals surface area contributed by atoms with Crippen LogP contribution in [0.1, 0.15) is 54.7 Å². The molecule has 1 heterocycles. The number of benzene rings is 1. The van der Waals surface area contributed by atoms with Crippen LogP contribution in [0.3, 0.4) is 0 Å². The van der Waals surface area contributed by atoms with Gasteiger partial charge in [-0.3, -0.25) is 9.69 Å². The zero-order valence-electron chi connectivity index (χ0n) is 12.7. The Kier molecular flexibility index (Phi) is 3.59. The molecule has 1 aliphatic heterocycles. The van der Waals surface area contributed by atoms with Gasteiger partial charge in [-0.1, -0.05) is 6.07 Å². The van der Waals surface area contributed by atoms with E-state index in [2.05, 4.69) is 0 Å². The first-order chi connectivity index (χ1) is 9.17. The number of ketones is 1. The Morgan fingerprint density at radius 1 is 1.15 bits per heavy atom. The predicted octanol–water partition coefficient (Wildman–Crippen LogP) is 3.45. The molecule has 20 heavy (non-hydrogen) atoms. The first-order valence-electron chi connectivity index (χ1n) is 6.78. The van der Waals surface area contributed by atoms with Gasteiger partial charge in [0.25, 0.3) is 0 Å². The number of Topliss-reactive ketones (excluding diaryl/α,β-unsaturated/α-hetero) is 1. The van der Waals surface area contributed by atoms with E-state index in [0.29, 0.717) is 13.1 Å². The van der Waals surface area contributed by atoms with Crippen molar-refractivity contribution < 1.29 is 14.3 Å². The van der Waals surface area contributed by atoms with Crippen LogP contribution in [0.4, 0.5) is 4.79 Å². The molecule has 0 saturated carbocycles. The smallest absolute Gasteiger partial charge is 0.410 e. The van der Waals surface area contributed by atoms with Gasteiger partial charge in [0.05, 0.1) is 0 Å². The Labute approximate surface area is 119 Å². The van der Waals surface area contributed by atoms with Crippen molar-refractivity contribution in [2.75, 3.05) is 0 Å². The van der Waals surface area contributed by atoms with E-state index in [1.165, 1.54) is 0 Å². The van der Waals surface area contributed by atoms with Gasteiger partial charge in [0.2, 0.25) is 0 Å². The minimum atomic E-state index is -0.494. The Hall–Kier alpha value is -1.84. The minimum Gasteiger partial charge on any atom is -0.444 e. The molecule has 1 aliphatic rings. The molecule has 0 atom stereocenters. The monoisotopic (exact) mass is 275 g/mol. The van der Waals surface area contributed by atoms with E-state index in [4.69, 9.17) is 4.74 Å². The summed E-state index contributed by atoms with van der Waals surface area (Å²) >= 11 is 0. The van der Waals surface area contributed by atoms with Crippen LogP contribution in [0.5, 0.6) is 0 Å². The summed E-state index contributed by atoms with van der Waals surface area (Å²) in [4.78, 5) is 25.3. The van der Waals surface area contributed by atoms with Gasteiger partial charge in [-0.25, -0.2) is 4.79 Å². The van der Waals surface area contributed by atoms with Gasteiger partial charge in [0.15, 0.2) is 5.78 Å². The highest BCUT2D eigenvalue weighted by Crippen LogP contribution is 2.27. The molecule has 0 aliphatic carbocycles. The summed E-state index contributed by atoms with van der Waals surface area (Å²) in [5.41, 5.74) is 3.33. The lowest BCUT2D eigenvalue weighted by atomic mass is 9.99. The summed E-state index contributed by atoms with van der Waals surface area (Å²) in [6, 6.07) is 3.90. The topological polar surface area (TPSA) is 46.6 Å². The van der Waals surface area contributed by atoms with Gasteiger partial charge in [-0.2, -0.15) is 0 Å². The van der Waals surface area contributed by atoms with Crippen molar-refractivity contribution in [3.8, 4) is 0 Å². The SMILES string of the molecule is CC(=O)c1cc2c(cc1C)CN(C(=O)OC(C)(C)C)C2. The molecule has 4 heteroatoms. The largest absolute Gasteiger partial charge is 0.444 e. The third kappa shape index (κ3) is 3.00. The Bertz CT molecular complexity index is 570. The molecule has 2 rings (SSSR count). The Morgan fingerprint density at radius 3 is 2.20 bits per heavy atom. The number of ether oxygens (including phenoxy) is 1. The second-order valence-corrected chi connectivity index (χ2v) is 6.33. The summed E-state index contributed by atoms with van der Waals surface area (Å²) in [6.45, 7) is 10.1. The summed E-state index contributed by atoms with van der Waals surface area (Å²) in [5, 5.41) is 0. The molecule has 0 saturated heterocycles. The lowest BCUT2D eigenvalue weighted by molar-refractivity contribution is 0.0242. The van der Waals surface area contributed by atoms with Crippen molar-refractivity contribution in [3.05, 3.63) is 34.4 Å². The van der Waals surface area contributed by atoms with Gasteiger partial charge in [-0.15, -0.1) is 0 Å². The second-order valence-electron chi connectivity index (χ2n) is 6.33. The summed E-state index contributed by atoms with van der Waals surface area (Å²) in [7, 11) is 0. The fourth-order valence-corrected chi connectivity index (χ4v) is 2.41. The Balaban J connectivity index is 2.19. The number of hydrogen-bond acceptors (Lipinski definition) is 3. The lowest BCUT2D eigenvalue weighted by Crippen LogP contribution is -2.33. The van der Waals surface area contributed by atoms with Crippen LogP contribution in [-0.2, 0) is 17.8 Å². The standard InChI is InChI=1S/C16H21NO3/c1-10-6-12-8-17(15(19)20-16(3,4)5)9-13(12)7-14(10)11(2)18/h6-7H,8-9H2,1-5H3. The molecular formula is C16H21NO3. The first kappa shape index (κ1) is 14.6. The summed E-state index contributed by atoms with van der Waals surface area (Å²) in [6.07, 6.45) is -0.310. The van der Waals surface area contributed by atoms with E-state index in [1.54, 1.807) is 11.8 Å². The highest BCUT2D eigenvalue weighted by molar-refractivity contribution is 5.95. The number of rotatable bonds is 1. The maximum atomic E-state index is 12.1. The van der Waals surface area contributed by atoms with E-state index in [9.17, 15) is 9.59 Å². The fourth-order valence-electron chi connectivity index (χ4n) is 2.41. The van der Waals surface area contributed by atoms with Crippen LogP contribution >= 0.6 is 0 Å². The number of carbonyl (C=O) groups excluding carboxylic acids is 2. The number of aryl methyl sites for hydroxylation is 1. The maximum Gasteiger partial charge on any atom is 0.410 e. The molecule has 0 N–H and O–H groups in total. The number of fused-ring (bicyclic) bond motifs is 1. The molecule has 4 nitrogen and oxygen atoms in total. The molecular weight excluding hydrogens is 254 g/mol. The number of nitrogens with zero attached hydrogens (tertiary/aromatic N) is 1. The van der Waals surface area contributed by atoms with Crippen molar-refractivity contribution in [2.45, 2.75) is 53.3 Å². The van der Waals surface area contributed by atoms with Gasteiger partial charge in [0, 0.05) is 18.7 Å². The molecule has 0 spiro atoms. The van der Waals surface area contributed by atoms with Crippen molar-refractivity contribution in [2.24, 2.45) is 0 Å². The molecule has 0 fully saturated rings. The average Bonchev–Trinajstić information content (AvgIpc) is 2.68. The van der Waals surface area contributed by atoms with Crippen LogP contribution < -0.4 is 0 Å². The van der Waals surface area contributed by atoms with Crippen LogP contribution in [0, 0.1) is 6.92 Å². The van der Waals surface area contributed by atoms with Crippen molar-refractivity contribution in [3.63, 3.8) is 0 Å². The summed E-state index contributed by atoms with van der Waals surface area (Å²) in [5.74, 6) is 0.0565. The predicted molar refractivity (Wildman–Crippen MR) is 76.7 cm³/mol. The van der Waals surface area contributed by atoms with Gasteiger partial charge in [0.1, 0.15) is 5.60 Å². The molecule has 1 aromatic rings. The lowest BCUT2D eigenvalue weighted by Gasteiger charge is -2.24. The molecule has 1 aromatic carbocycles. The van der Waals surface area contributed by atoms with Crippen molar-refractivity contribution >= 4 is 11.9 Å².